The number of amides is 2. The number of nitrogens with one attached hydrogen (secondary N) is 2. The van der Waals surface area contributed by atoms with Gasteiger partial charge in [-0.1, -0.05) is 19.1 Å². The van der Waals surface area contributed by atoms with E-state index in [0.717, 1.165) is 30.3 Å². The molecule has 0 radical (unpaired) electrons. The molecule has 1 saturated heterocycles. The van der Waals surface area contributed by atoms with E-state index in [4.69, 9.17) is 4.74 Å². The summed E-state index contributed by atoms with van der Waals surface area (Å²) in [4.78, 5) is 37.5. The molecule has 2 aromatic rings. The normalized spacial score (nSPS) is 14.1. The summed E-state index contributed by atoms with van der Waals surface area (Å²) in [5, 5.41) is 5.41. The van der Waals surface area contributed by atoms with Gasteiger partial charge in [0.05, 0.1) is 6.42 Å². The number of carbonyl (C=O) groups is 3. The molecule has 3 rings (SSSR count). The van der Waals surface area contributed by atoms with Gasteiger partial charge in [-0.3, -0.25) is 14.4 Å². The third-order valence-electron chi connectivity index (χ3n) is 5.29. The third-order valence-corrected chi connectivity index (χ3v) is 5.29. The molecule has 7 nitrogen and oxygen atoms in total. The van der Waals surface area contributed by atoms with Crippen LogP contribution in [0.15, 0.2) is 48.5 Å². The molecular formula is C24H29N3O4. The van der Waals surface area contributed by atoms with Crippen LogP contribution in [0.4, 0.5) is 17.1 Å². The molecule has 31 heavy (non-hydrogen) atoms. The lowest BCUT2D eigenvalue weighted by atomic mass is 9.99. The Morgan fingerprint density at radius 3 is 2.13 bits per heavy atom. The molecule has 2 amide bonds. The van der Waals surface area contributed by atoms with Crippen LogP contribution in [0, 0.1) is 5.92 Å². The molecule has 1 aliphatic rings. The molecule has 7 heteroatoms. The van der Waals surface area contributed by atoms with E-state index in [1.807, 2.05) is 24.3 Å². The first-order valence-electron chi connectivity index (χ1n) is 10.6. The molecule has 0 aliphatic carbocycles. The second-order valence-electron chi connectivity index (χ2n) is 7.98. The Morgan fingerprint density at radius 1 is 0.935 bits per heavy atom. The predicted octanol–water partition coefficient (Wildman–Crippen LogP) is 3.61. The molecule has 1 aliphatic heterocycles. The monoisotopic (exact) mass is 423 g/mol. The van der Waals surface area contributed by atoms with Crippen LogP contribution < -0.4 is 15.5 Å². The van der Waals surface area contributed by atoms with Crippen molar-refractivity contribution in [2.75, 3.05) is 35.2 Å². The molecule has 0 spiro atoms. The van der Waals surface area contributed by atoms with Crippen molar-refractivity contribution in [3.05, 3.63) is 54.1 Å². The number of esters is 1. The summed E-state index contributed by atoms with van der Waals surface area (Å²) in [7, 11) is 0. The summed E-state index contributed by atoms with van der Waals surface area (Å²) in [6.45, 7) is 5.48. The van der Waals surface area contributed by atoms with Crippen molar-refractivity contribution in [1.82, 2.24) is 0 Å². The number of rotatable bonds is 7. The summed E-state index contributed by atoms with van der Waals surface area (Å²) in [6.07, 6.45) is 2.45. The highest BCUT2D eigenvalue weighted by molar-refractivity contribution is 5.93. The van der Waals surface area contributed by atoms with Gasteiger partial charge in [0, 0.05) is 37.1 Å². The Kier molecular flexibility index (Phi) is 7.65. The van der Waals surface area contributed by atoms with Crippen molar-refractivity contribution in [3.8, 4) is 0 Å². The fourth-order valence-electron chi connectivity index (χ4n) is 3.49. The van der Waals surface area contributed by atoms with Crippen LogP contribution in [0.1, 0.15) is 32.3 Å². The van der Waals surface area contributed by atoms with Gasteiger partial charge in [-0.25, -0.2) is 0 Å². The molecule has 0 saturated carbocycles. The first kappa shape index (κ1) is 22.3. The fraction of sp³-hybridized carbons (Fsp3) is 0.375. The van der Waals surface area contributed by atoms with Gasteiger partial charge in [0.15, 0.2) is 6.61 Å². The summed E-state index contributed by atoms with van der Waals surface area (Å²) >= 11 is 0. The summed E-state index contributed by atoms with van der Waals surface area (Å²) in [5.74, 6) is -0.249. The molecule has 2 aromatic carbocycles. The summed E-state index contributed by atoms with van der Waals surface area (Å²) < 4.78 is 5.07. The maximum atomic E-state index is 12.1. The van der Waals surface area contributed by atoms with Crippen LogP contribution in [-0.2, 0) is 25.5 Å². The van der Waals surface area contributed by atoms with E-state index >= 15 is 0 Å². The molecule has 1 fully saturated rings. The van der Waals surface area contributed by atoms with Gasteiger partial charge in [-0.05, 0) is 60.7 Å². The molecular weight excluding hydrogens is 394 g/mol. The quantitative estimate of drug-likeness (QED) is 0.665. The number of hydrogen-bond acceptors (Lipinski definition) is 5. The molecule has 2 N–H and O–H groups in total. The van der Waals surface area contributed by atoms with E-state index in [0.29, 0.717) is 11.4 Å². The Balaban J connectivity index is 1.41. The van der Waals surface area contributed by atoms with Crippen molar-refractivity contribution in [1.29, 1.82) is 0 Å². The zero-order chi connectivity index (χ0) is 22.2. The Morgan fingerprint density at radius 2 is 1.52 bits per heavy atom. The van der Waals surface area contributed by atoms with Gasteiger partial charge in [0.2, 0.25) is 5.91 Å². The van der Waals surface area contributed by atoms with Gasteiger partial charge in [-0.15, -0.1) is 0 Å². The molecule has 164 valence electrons. The molecule has 0 aromatic heterocycles. The van der Waals surface area contributed by atoms with Crippen molar-refractivity contribution >= 4 is 34.8 Å². The number of benzene rings is 2. The third kappa shape index (κ3) is 7.13. The SMILES string of the molecule is CC(=O)Nc1ccc(CC(=O)OCC(=O)Nc2ccc(N3CCC(C)CC3)cc2)cc1. The molecule has 1 heterocycles. The van der Waals surface area contributed by atoms with Crippen molar-refractivity contribution in [2.45, 2.75) is 33.1 Å². The minimum absolute atomic E-state index is 0.0524. The first-order valence-corrected chi connectivity index (χ1v) is 10.6. The first-order chi connectivity index (χ1) is 14.9. The van der Waals surface area contributed by atoms with E-state index in [-0.39, 0.29) is 24.8 Å². The number of piperidine rings is 1. The van der Waals surface area contributed by atoms with Crippen LogP contribution in [0.3, 0.4) is 0 Å². The second-order valence-corrected chi connectivity index (χ2v) is 7.98. The van der Waals surface area contributed by atoms with Crippen molar-refractivity contribution < 1.29 is 19.1 Å². The van der Waals surface area contributed by atoms with E-state index < -0.39 is 5.97 Å². The average molecular weight is 424 g/mol. The largest absolute Gasteiger partial charge is 0.455 e. The highest BCUT2D eigenvalue weighted by atomic mass is 16.5. The molecule has 0 unspecified atom stereocenters. The number of anilines is 3. The lowest BCUT2D eigenvalue weighted by Crippen LogP contribution is -2.32. The van der Waals surface area contributed by atoms with E-state index in [9.17, 15) is 14.4 Å². The highest BCUT2D eigenvalue weighted by Gasteiger charge is 2.16. The minimum atomic E-state index is -0.489. The van der Waals surface area contributed by atoms with E-state index in [1.54, 1.807) is 24.3 Å². The van der Waals surface area contributed by atoms with Gasteiger partial charge in [0.1, 0.15) is 0 Å². The molecule has 0 bridgehead atoms. The Hall–Kier alpha value is -3.35. The maximum absolute atomic E-state index is 12.1. The van der Waals surface area contributed by atoms with Crippen LogP contribution in [0.25, 0.3) is 0 Å². The predicted molar refractivity (Wildman–Crippen MR) is 121 cm³/mol. The number of hydrogen-bond donors (Lipinski definition) is 2. The number of nitrogens with zero attached hydrogens (tertiary/aromatic N) is 1. The summed E-state index contributed by atoms with van der Waals surface area (Å²) in [6, 6.07) is 14.6. The highest BCUT2D eigenvalue weighted by Crippen LogP contribution is 2.24. The van der Waals surface area contributed by atoms with E-state index in [1.165, 1.54) is 19.8 Å². The van der Waals surface area contributed by atoms with Gasteiger partial charge in [-0.2, -0.15) is 0 Å². The van der Waals surface area contributed by atoms with E-state index in [2.05, 4.69) is 22.5 Å². The minimum Gasteiger partial charge on any atom is -0.455 e. The zero-order valence-corrected chi connectivity index (χ0v) is 18.0. The van der Waals surface area contributed by atoms with Gasteiger partial charge >= 0.3 is 5.97 Å². The lowest BCUT2D eigenvalue weighted by Gasteiger charge is -2.32. The fourth-order valence-corrected chi connectivity index (χ4v) is 3.49. The standard InChI is InChI=1S/C24H29N3O4/c1-17-11-13-27(14-12-17)22-9-7-21(8-10-22)26-23(29)16-31-24(30)15-19-3-5-20(6-4-19)25-18(2)28/h3-10,17H,11-16H2,1-2H3,(H,25,28)(H,26,29). The van der Waals surface area contributed by atoms with Crippen LogP contribution >= 0.6 is 0 Å². The van der Waals surface area contributed by atoms with Gasteiger partial charge < -0.3 is 20.3 Å². The average Bonchev–Trinajstić information content (AvgIpc) is 2.74. The Labute approximate surface area is 182 Å². The maximum Gasteiger partial charge on any atom is 0.310 e. The number of carbonyl (C=O) groups excluding carboxylic acids is 3. The van der Waals surface area contributed by atoms with Crippen molar-refractivity contribution in [2.24, 2.45) is 5.92 Å². The second kappa shape index (κ2) is 10.6. The van der Waals surface area contributed by atoms with Crippen LogP contribution in [0.5, 0.6) is 0 Å². The summed E-state index contributed by atoms with van der Waals surface area (Å²) in [5.41, 5.74) is 3.22. The number of ether oxygens (including phenoxy) is 1. The smallest absolute Gasteiger partial charge is 0.310 e. The zero-order valence-electron chi connectivity index (χ0n) is 18.0. The Bertz CT molecular complexity index is 901. The van der Waals surface area contributed by atoms with Crippen LogP contribution in [0.2, 0.25) is 0 Å². The lowest BCUT2D eigenvalue weighted by molar-refractivity contribution is -0.146. The topological polar surface area (TPSA) is 87.7 Å². The van der Waals surface area contributed by atoms with Crippen molar-refractivity contribution in [3.63, 3.8) is 0 Å². The van der Waals surface area contributed by atoms with Crippen LogP contribution in [-0.4, -0.2) is 37.5 Å². The van der Waals surface area contributed by atoms with Gasteiger partial charge in [0.25, 0.3) is 5.91 Å². The molecule has 0 atom stereocenters.